The second-order valence-electron chi connectivity index (χ2n) is 4.15. The lowest BCUT2D eigenvalue weighted by Gasteiger charge is -2.10. The maximum Gasteiger partial charge on any atom is 0.160 e. The van der Waals surface area contributed by atoms with Gasteiger partial charge in [-0.25, -0.2) is 14.4 Å². The van der Waals surface area contributed by atoms with Gasteiger partial charge in [0.15, 0.2) is 5.82 Å². The largest absolute Gasteiger partial charge is 0.324 e. The van der Waals surface area contributed by atoms with Crippen LogP contribution in [0.25, 0.3) is 11.4 Å². The Labute approximate surface area is 110 Å². The Morgan fingerprint density at radius 3 is 2.67 bits per heavy atom. The van der Waals surface area contributed by atoms with Crippen LogP contribution in [0.3, 0.4) is 0 Å². The fourth-order valence-corrected chi connectivity index (χ4v) is 1.98. The Morgan fingerprint density at radius 1 is 1.39 bits per heavy atom. The predicted molar refractivity (Wildman–Crippen MR) is 69.8 cm³/mol. The third kappa shape index (κ3) is 2.49. The summed E-state index contributed by atoms with van der Waals surface area (Å²) >= 11 is 5.97. The molecular formula is C13H13ClFN3. The third-order valence-corrected chi connectivity index (χ3v) is 2.99. The van der Waals surface area contributed by atoms with Crippen LogP contribution in [0.1, 0.15) is 24.2 Å². The molecule has 0 saturated carbocycles. The zero-order chi connectivity index (χ0) is 13.3. The number of nitrogens with zero attached hydrogens (tertiary/aromatic N) is 2. The van der Waals surface area contributed by atoms with Crippen LogP contribution in [0.15, 0.2) is 24.4 Å². The molecule has 0 aliphatic carbocycles. The lowest BCUT2D eigenvalue weighted by atomic mass is 10.1. The van der Waals surface area contributed by atoms with Crippen molar-refractivity contribution in [2.45, 2.75) is 19.9 Å². The summed E-state index contributed by atoms with van der Waals surface area (Å²) in [6.07, 6.45) is 1.68. The van der Waals surface area contributed by atoms with E-state index in [1.165, 1.54) is 12.1 Å². The van der Waals surface area contributed by atoms with Crippen LogP contribution >= 0.6 is 11.6 Å². The van der Waals surface area contributed by atoms with E-state index in [1.807, 2.05) is 13.8 Å². The molecule has 1 aromatic carbocycles. The monoisotopic (exact) mass is 265 g/mol. The Balaban J connectivity index is 2.49. The summed E-state index contributed by atoms with van der Waals surface area (Å²) in [5.41, 5.74) is 8.09. The molecule has 0 unspecified atom stereocenters. The van der Waals surface area contributed by atoms with Gasteiger partial charge < -0.3 is 5.73 Å². The van der Waals surface area contributed by atoms with Crippen molar-refractivity contribution in [2.75, 3.05) is 0 Å². The molecule has 0 bridgehead atoms. The number of aromatic nitrogens is 2. The first kappa shape index (κ1) is 12.9. The molecule has 0 radical (unpaired) electrons. The average molecular weight is 266 g/mol. The second kappa shape index (κ2) is 5.00. The summed E-state index contributed by atoms with van der Waals surface area (Å²) in [6.45, 7) is 3.73. The molecule has 5 heteroatoms. The first-order valence-electron chi connectivity index (χ1n) is 5.53. The van der Waals surface area contributed by atoms with Crippen molar-refractivity contribution >= 4 is 11.6 Å². The molecule has 94 valence electrons. The van der Waals surface area contributed by atoms with Gasteiger partial charge in [-0.3, -0.25) is 0 Å². The molecular weight excluding hydrogens is 253 g/mol. The molecule has 0 spiro atoms. The van der Waals surface area contributed by atoms with Crippen LogP contribution in [0, 0.1) is 12.7 Å². The van der Waals surface area contributed by atoms with Crippen molar-refractivity contribution in [1.29, 1.82) is 0 Å². The van der Waals surface area contributed by atoms with Gasteiger partial charge in [-0.2, -0.15) is 0 Å². The number of benzene rings is 1. The van der Waals surface area contributed by atoms with Crippen molar-refractivity contribution in [1.82, 2.24) is 9.97 Å². The average Bonchev–Trinajstić information content (AvgIpc) is 2.28. The zero-order valence-corrected chi connectivity index (χ0v) is 10.9. The fraction of sp³-hybridized carbons (Fsp3) is 0.231. The Morgan fingerprint density at radius 2 is 2.11 bits per heavy atom. The second-order valence-corrected chi connectivity index (χ2v) is 4.55. The zero-order valence-electron chi connectivity index (χ0n) is 10.1. The molecule has 2 rings (SSSR count). The van der Waals surface area contributed by atoms with Gasteiger partial charge in [-0.05, 0) is 32.0 Å². The number of halogens is 2. The van der Waals surface area contributed by atoms with Gasteiger partial charge in [0.25, 0.3) is 0 Å². The van der Waals surface area contributed by atoms with Crippen LogP contribution in [-0.4, -0.2) is 9.97 Å². The molecule has 0 aliphatic rings. The van der Waals surface area contributed by atoms with Crippen molar-refractivity contribution < 1.29 is 4.39 Å². The normalized spacial score (nSPS) is 12.5. The summed E-state index contributed by atoms with van der Waals surface area (Å²) in [4.78, 5) is 8.58. The molecule has 18 heavy (non-hydrogen) atoms. The van der Waals surface area contributed by atoms with Crippen molar-refractivity contribution in [2.24, 2.45) is 5.73 Å². The van der Waals surface area contributed by atoms with Gasteiger partial charge in [0.05, 0.1) is 5.02 Å². The first-order chi connectivity index (χ1) is 8.49. The highest BCUT2D eigenvalue weighted by Gasteiger charge is 2.11. The van der Waals surface area contributed by atoms with E-state index in [-0.39, 0.29) is 11.9 Å². The van der Waals surface area contributed by atoms with E-state index in [0.717, 1.165) is 11.3 Å². The molecule has 0 fully saturated rings. The SMILES string of the molecule is Cc1nc(-c2ccc(F)cc2Cl)ncc1[C@@H](C)N. The quantitative estimate of drug-likeness (QED) is 0.907. The van der Waals surface area contributed by atoms with Crippen molar-refractivity contribution in [3.63, 3.8) is 0 Å². The van der Waals surface area contributed by atoms with Crippen LogP contribution in [0.4, 0.5) is 4.39 Å². The third-order valence-electron chi connectivity index (χ3n) is 2.68. The number of nitrogens with two attached hydrogens (primary N) is 1. The van der Waals surface area contributed by atoms with Gasteiger partial charge in [-0.15, -0.1) is 0 Å². The smallest absolute Gasteiger partial charge is 0.160 e. The summed E-state index contributed by atoms with van der Waals surface area (Å²) < 4.78 is 13.0. The molecule has 2 aromatic rings. The van der Waals surface area contributed by atoms with Crippen molar-refractivity contribution in [3.05, 3.63) is 46.5 Å². The Bertz CT molecular complexity index is 584. The van der Waals surface area contributed by atoms with E-state index < -0.39 is 0 Å². The molecule has 1 aromatic heterocycles. The highest BCUT2D eigenvalue weighted by Crippen LogP contribution is 2.26. The Hall–Kier alpha value is -1.52. The van der Waals surface area contributed by atoms with E-state index in [9.17, 15) is 4.39 Å². The van der Waals surface area contributed by atoms with E-state index in [1.54, 1.807) is 12.3 Å². The first-order valence-corrected chi connectivity index (χ1v) is 5.91. The number of rotatable bonds is 2. The summed E-state index contributed by atoms with van der Waals surface area (Å²) in [6, 6.07) is 4.02. The number of aryl methyl sites for hydroxylation is 1. The van der Waals surface area contributed by atoms with E-state index in [2.05, 4.69) is 9.97 Å². The minimum absolute atomic E-state index is 0.122. The number of hydrogen-bond donors (Lipinski definition) is 1. The molecule has 0 saturated heterocycles. The highest BCUT2D eigenvalue weighted by molar-refractivity contribution is 6.33. The molecule has 1 atom stereocenters. The summed E-state index contributed by atoms with van der Waals surface area (Å²) in [7, 11) is 0. The standard InChI is InChI=1S/C13H13ClFN3/c1-7(16)11-6-17-13(18-8(11)2)10-4-3-9(15)5-12(10)14/h3-7H,16H2,1-2H3/t7-/m1/s1. The van der Waals surface area contributed by atoms with Crippen LogP contribution < -0.4 is 5.73 Å². The maximum absolute atomic E-state index is 13.0. The predicted octanol–water partition coefficient (Wildman–Crippen LogP) is 3.26. The highest BCUT2D eigenvalue weighted by atomic mass is 35.5. The van der Waals surface area contributed by atoms with E-state index in [0.29, 0.717) is 16.4 Å². The lowest BCUT2D eigenvalue weighted by Crippen LogP contribution is -2.09. The number of hydrogen-bond acceptors (Lipinski definition) is 3. The summed E-state index contributed by atoms with van der Waals surface area (Å²) in [5.74, 6) is 0.0922. The maximum atomic E-state index is 13.0. The van der Waals surface area contributed by atoms with Gasteiger partial charge in [-0.1, -0.05) is 11.6 Å². The fourth-order valence-electron chi connectivity index (χ4n) is 1.72. The van der Waals surface area contributed by atoms with Crippen molar-refractivity contribution in [3.8, 4) is 11.4 Å². The molecule has 0 aliphatic heterocycles. The van der Waals surface area contributed by atoms with Gasteiger partial charge in [0, 0.05) is 29.1 Å². The van der Waals surface area contributed by atoms with E-state index in [4.69, 9.17) is 17.3 Å². The molecule has 3 nitrogen and oxygen atoms in total. The molecule has 0 amide bonds. The van der Waals surface area contributed by atoms with Gasteiger partial charge >= 0.3 is 0 Å². The lowest BCUT2D eigenvalue weighted by molar-refractivity contribution is 0.628. The molecule has 2 N–H and O–H groups in total. The van der Waals surface area contributed by atoms with Crippen LogP contribution in [-0.2, 0) is 0 Å². The van der Waals surface area contributed by atoms with Crippen LogP contribution in [0.5, 0.6) is 0 Å². The minimum atomic E-state index is -0.382. The molecule has 1 heterocycles. The Kier molecular flexibility index (Phi) is 3.59. The van der Waals surface area contributed by atoms with E-state index >= 15 is 0 Å². The summed E-state index contributed by atoms with van der Waals surface area (Å²) in [5, 5.41) is 0.294. The van der Waals surface area contributed by atoms with Crippen LogP contribution in [0.2, 0.25) is 5.02 Å². The van der Waals surface area contributed by atoms with Gasteiger partial charge in [0.1, 0.15) is 5.82 Å². The minimum Gasteiger partial charge on any atom is -0.324 e. The topological polar surface area (TPSA) is 51.8 Å². The van der Waals surface area contributed by atoms with Gasteiger partial charge in [0.2, 0.25) is 0 Å².